The molecule has 3 unspecified atom stereocenters. The molecule has 0 bridgehead atoms. The third-order valence-electron chi connectivity index (χ3n) is 2.67. The summed E-state index contributed by atoms with van der Waals surface area (Å²) in [5.74, 6) is 0.428. The average Bonchev–Trinajstić information content (AvgIpc) is 2.60. The van der Waals surface area contributed by atoms with Gasteiger partial charge in [0.1, 0.15) is 11.9 Å². The van der Waals surface area contributed by atoms with Crippen molar-refractivity contribution in [2.75, 3.05) is 0 Å². The number of hydrogen-bond acceptors (Lipinski definition) is 4. The third-order valence-corrected chi connectivity index (χ3v) is 2.67. The average molecular weight is 239 g/mol. The lowest BCUT2D eigenvalue weighted by Gasteiger charge is -2.18. The molecular formula is C12H17NO4. The molecule has 0 aliphatic carbocycles. The summed E-state index contributed by atoms with van der Waals surface area (Å²) in [6.07, 6.45) is -0.0221. The third kappa shape index (κ3) is 2.56. The van der Waals surface area contributed by atoms with Crippen LogP contribution in [0.2, 0.25) is 0 Å². The zero-order valence-electron chi connectivity index (χ0n) is 10.2. The Kier molecular flexibility index (Phi) is 3.31. The van der Waals surface area contributed by atoms with E-state index in [1.165, 1.54) is 0 Å². The fraction of sp³-hybridized carbons (Fsp3) is 0.667. The van der Waals surface area contributed by atoms with Gasteiger partial charge >= 0.3 is 0 Å². The van der Waals surface area contributed by atoms with E-state index in [2.05, 4.69) is 4.99 Å². The van der Waals surface area contributed by atoms with Gasteiger partial charge in [0, 0.05) is 11.8 Å². The predicted molar refractivity (Wildman–Crippen MR) is 61.4 cm³/mol. The standard InChI is InChI=1S/C12H17NO4/c1-6(2)4-8(14)12-16-9-5-7(3)13-11(15)10(9)17-12/h5-6,8,10,12,14H,4H2,1-3H3. The number of carbonyl (C=O) groups excluding carboxylic acids is 1. The highest BCUT2D eigenvalue weighted by atomic mass is 16.7. The van der Waals surface area contributed by atoms with Gasteiger partial charge in [-0.2, -0.15) is 0 Å². The Morgan fingerprint density at radius 3 is 2.88 bits per heavy atom. The van der Waals surface area contributed by atoms with Crippen LogP contribution >= 0.6 is 0 Å². The van der Waals surface area contributed by atoms with Crippen LogP contribution in [0.1, 0.15) is 27.2 Å². The van der Waals surface area contributed by atoms with Crippen LogP contribution in [-0.4, -0.2) is 35.2 Å². The number of dihydropyridines is 1. The maximum Gasteiger partial charge on any atom is 0.283 e. The number of carbonyl (C=O) groups is 1. The molecule has 5 heteroatoms. The van der Waals surface area contributed by atoms with Crippen LogP contribution in [0, 0.1) is 5.92 Å². The highest BCUT2D eigenvalue weighted by Crippen LogP contribution is 2.29. The first-order chi connectivity index (χ1) is 7.97. The van der Waals surface area contributed by atoms with Crippen molar-refractivity contribution in [3.05, 3.63) is 11.8 Å². The van der Waals surface area contributed by atoms with Crippen molar-refractivity contribution in [1.82, 2.24) is 0 Å². The van der Waals surface area contributed by atoms with E-state index in [4.69, 9.17) is 9.47 Å². The Labute approximate surface area is 100 Å². The normalized spacial score (nSPS) is 29.6. The molecule has 0 radical (unpaired) electrons. The molecule has 1 N–H and O–H groups in total. The number of aliphatic imine (C=N–C) groups is 1. The summed E-state index contributed by atoms with van der Waals surface area (Å²) in [7, 11) is 0. The van der Waals surface area contributed by atoms with Crippen molar-refractivity contribution in [3.63, 3.8) is 0 Å². The number of aliphatic hydroxyl groups excluding tert-OH is 1. The van der Waals surface area contributed by atoms with Crippen molar-refractivity contribution in [1.29, 1.82) is 0 Å². The molecule has 2 heterocycles. The van der Waals surface area contributed by atoms with Crippen LogP contribution < -0.4 is 0 Å². The number of rotatable bonds is 3. The Balaban J connectivity index is 2.05. The Morgan fingerprint density at radius 2 is 2.24 bits per heavy atom. The minimum absolute atomic E-state index is 0.336. The lowest BCUT2D eigenvalue weighted by Crippen LogP contribution is -2.30. The van der Waals surface area contributed by atoms with Gasteiger partial charge in [-0.25, -0.2) is 4.99 Å². The Morgan fingerprint density at radius 1 is 1.53 bits per heavy atom. The van der Waals surface area contributed by atoms with Gasteiger partial charge in [-0.3, -0.25) is 4.79 Å². The second-order valence-corrected chi connectivity index (χ2v) is 4.84. The lowest BCUT2D eigenvalue weighted by molar-refractivity contribution is -0.146. The minimum Gasteiger partial charge on any atom is -0.463 e. The number of hydrogen-bond donors (Lipinski definition) is 1. The fourth-order valence-corrected chi connectivity index (χ4v) is 1.95. The lowest BCUT2D eigenvalue weighted by atomic mass is 10.1. The molecule has 0 aromatic heterocycles. The van der Waals surface area contributed by atoms with Crippen LogP contribution in [0.3, 0.4) is 0 Å². The van der Waals surface area contributed by atoms with E-state index in [-0.39, 0.29) is 5.91 Å². The molecule has 2 aliphatic rings. The summed E-state index contributed by atoms with van der Waals surface area (Å²) >= 11 is 0. The highest BCUT2D eigenvalue weighted by molar-refractivity contribution is 6.06. The molecule has 1 fully saturated rings. The summed E-state index contributed by atoms with van der Waals surface area (Å²) in [4.78, 5) is 15.4. The van der Waals surface area contributed by atoms with Crippen molar-refractivity contribution < 1.29 is 19.4 Å². The monoisotopic (exact) mass is 239 g/mol. The largest absolute Gasteiger partial charge is 0.463 e. The van der Waals surface area contributed by atoms with Gasteiger partial charge in [0.15, 0.2) is 6.10 Å². The van der Waals surface area contributed by atoms with E-state index in [0.717, 1.165) is 0 Å². The van der Waals surface area contributed by atoms with Gasteiger partial charge < -0.3 is 14.6 Å². The van der Waals surface area contributed by atoms with Gasteiger partial charge in [-0.15, -0.1) is 0 Å². The van der Waals surface area contributed by atoms with Gasteiger partial charge in [0.05, 0.1) is 0 Å². The summed E-state index contributed by atoms with van der Waals surface area (Å²) in [5.41, 5.74) is 0.601. The maximum atomic E-state index is 11.6. The molecule has 1 saturated heterocycles. The number of aliphatic hydroxyl groups is 1. The molecule has 2 aliphatic heterocycles. The SMILES string of the molecule is CC1=NC(=O)C2OC(C(O)CC(C)C)OC2=C1. The molecule has 94 valence electrons. The molecule has 0 aromatic carbocycles. The Bertz CT molecular complexity index is 386. The van der Waals surface area contributed by atoms with E-state index in [0.29, 0.717) is 23.8 Å². The smallest absolute Gasteiger partial charge is 0.283 e. The first-order valence-electron chi connectivity index (χ1n) is 5.78. The van der Waals surface area contributed by atoms with Crippen LogP contribution in [0.5, 0.6) is 0 Å². The second-order valence-electron chi connectivity index (χ2n) is 4.84. The second kappa shape index (κ2) is 4.58. The molecule has 0 spiro atoms. The minimum atomic E-state index is -0.773. The van der Waals surface area contributed by atoms with Crippen molar-refractivity contribution in [2.45, 2.75) is 45.7 Å². The first-order valence-corrected chi connectivity index (χ1v) is 5.78. The van der Waals surface area contributed by atoms with E-state index in [1.807, 2.05) is 13.8 Å². The summed E-state index contributed by atoms with van der Waals surface area (Å²) < 4.78 is 10.8. The molecule has 3 atom stereocenters. The maximum absolute atomic E-state index is 11.6. The summed E-state index contributed by atoms with van der Waals surface area (Å²) in [5, 5.41) is 9.89. The van der Waals surface area contributed by atoms with Crippen molar-refractivity contribution in [3.8, 4) is 0 Å². The number of ether oxygens (including phenoxy) is 2. The molecule has 0 aromatic rings. The number of fused-ring (bicyclic) bond motifs is 1. The van der Waals surface area contributed by atoms with E-state index < -0.39 is 18.5 Å². The first kappa shape index (κ1) is 12.3. The summed E-state index contributed by atoms with van der Waals surface area (Å²) in [6, 6.07) is 0. The zero-order chi connectivity index (χ0) is 12.6. The summed E-state index contributed by atoms with van der Waals surface area (Å²) in [6.45, 7) is 5.73. The van der Waals surface area contributed by atoms with E-state index in [1.54, 1.807) is 13.0 Å². The molecule has 17 heavy (non-hydrogen) atoms. The van der Waals surface area contributed by atoms with Crippen LogP contribution in [0.25, 0.3) is 0 Å². The van der Waals surface area contributed by atoms with Gasteiger partial charge in [-0.05, 0) is 19.3 Å². The molecular weight excluding hydrogens is 222 g/mol. The quantitative estimate of drug-likeness (QED) is 0.798. The van der Waals surface area contributed by atoms with Crippen molar-refractivity contribution >= 4 is 11.6 Å². The Hall–Kier alpha value is -1.20. The number of amides is 1. The predicted octanol–water partition coefficient (Wildman–Crippen LogP) is 1.02. The van der Waals surface area contributed by atoms with Crippen LogP contribution in [0.15, 0.2) is 16.8 Å². The fourth-order valence-electron chi connectivity index (χ4n) is 1.95. The number of nitrogens with zero attached hydrogens (tertiary/aromatic N) is 1. The molecule has 0 saturated carbocycles. The van der Waals surface area contributed by atoms with Crippen LogP contribution in [-0.2, 0) is 14.3 Å². The zero-order valence-corrected chi connectivity index (χ0v) is 10.2. The van der Waals surface area contributed by atoms with Gasteiger partial charge in [-0.1, -0.05) is 13.8 Å². The van der Waals surface area contributed by atoms with E-state index in [9.17, 15) is 9.90 Å². The molecule has 1 amide bonds. The molecule has 5 nitrogen and oxygen atoms in total. The van der Waals surface area contributed by atoms with Crippen molar-refractivity contribution in [2.24, 2.45) is 10.9 Å². The van der Waals surface area contributed by atoms with Gasteiger partial charge in [0.25, 0.3) is 5.91 Å². The van der Waals surface area contributed by atoms with Gasteiger partial charge in [0.2, 0.25) is 6.29 Å². The molecule has 2 rings (SSSR count). The highest BCUT2D eigenvalue weighted by Gasteiger charge is 2.42. The van der Waals surface area contributed by atoms with Crippen LogP contribution in [0.4, 0.5) is 0 Å². The van der Waals surface area contributed by atoms with E-state index >= 15 is 0 Å². The number of allylic oxidation sites excluding steroid dienone is 1. The topological polar surface area (TPSA) is 68.1 Å².